The van der Waals surface area contributed by atoms with Gasteiger partial charge in [0.05, 0.1) is 38.1 Å². The maximum Gasteiger partial charge on any atom is 0.311 e. The molecule has 0 saturated carbocycles. The Morgan fingerprint density at radius 1 is 1.35 bits per heavy atom. The highest BCUT2D eigenvalue weighted by atomic mass is 16.5. The standard InChI is InChI=1S/C16H22N4O3/c1-3-12-9-14(19-5-7-22-8-6-19)18-20-11-13(17-16(12)20)10-15(21)23-4-2/h9,11H,3-8,10H2,1-2H3. The Hall–Kier alpha value is -2.15. The number of ether oxygens (including phenoxy) is 2. The molecule has 23 heavy (non-hydrogen) atoms. The summed E-state index contributed by atoms with van der Waals surface area (Å²) >= 11 is 0. The maximum atomic E-state index is 11.6. The molecule has 0 unspecified atom stereocenters. The predicted molar refractivity (Wildman–Crippen MR) is 85.7 cm³/mol. The second-order valence-electron chi connectivity index (χ2n) is 5.46. The van der Waals surface area contributed by atoms with Crippen LogP contribution in [-0.2, 0) is 27.1 Å². The molecule has 1 saturated heterocycles. The first-order chi connectivity index (χ1) is 11.2. The Bertz CT molecular complexity index is 692. The van der Waals surface area contributed by atoms with Crippen LogP contribution in [0.1, 0.15) is 25.1 Å². The first-order valence-corrected chi connectivity index (χ1v) is 8.07. The number of esters is 1. The fourth-order valence-corrected chi connectivity index (χ4v) is 2.73. The average molecular weight is 318 g/mol. The molecule has 1 fully saturated rings. The van der Waals surface area contributed by atoms with Crippen LogP contribution in [-0.4, -0.2) is 53.5 Å². The van der Waals surface area contributed by atoms with E-state index in [1.54, 1.807) is 11.4 Å². The molecule has 7 heteroatoms. The molecule has 3 heterocycles. The van der Waals surface area contributed by atoms with Gasteiger partial charge in [0, 0.05) is 18.7 Å². The lowest BCUT2D eigenvalue weighted by Crippen LogP contribution is -2.37. The van der Waals surface area contributed by atoms with Gasteiger partial charge in [-0.15, -0.1) is 5.10 Å². The number of aryl methyl sites for hydroxylation is 1. The van der Waals surface area contributed by atoms with Crippen molar-refractivity contribution >= 4 is 17.4 Å². The topological polar surface area (TPSA) is 69.0 Å². The normalized spacial score (nSPS) is 15.1. The van der Waals surface area contributed by atoms with Gasteiger partial charge in [-0.3, -0.25) is 4.79 Å². The van der Waals surface area contributed by atoms with Crippen LogP contribution in [0.3, 0.4) is 0 Å². The first-order valence-electron chi connectivity index (χ1n) is 8.07. The van der Waals surface area contributed by atoms with Gasteiger partial charge in [-0.1, -0.05) is 6.92 Å². The number of aromatic nitrogens is 3. The zero-order valence-electron chi connectivity index (χ0n) is 13.6. The molecule has 1 aliphatic rings. The molecule has 1 aliphatic heterocycles. The van der Waals surface area contributed by atoms with Crippen molar-refractivity contribution in [3.05, 3.63) is 23.5 Å². The Morgan fingerprint density at radius 2 is 2.13 bits per heavy atom. The highest BCUT2D eigenvalue weighted by molar-refractivity contribution is 5.72. The van der Waals surface area contributed by atoms with E-state index in [-0.39, 0.29) is 12.4 Å². The number of hydrogen-bond acceptors (Lipinski definition) is 6. The second-order valence-corrected chi connectivity index (χ2v) is 5.46. The lowest BCUT2D eigenvalue weighted by atomic mass is 10.2. The smallest absolute Gasteiger partial charge is 0.311 e. The molecule has 0 aliphatic carbocycles. The summed E-state index contributed by atoms with van der Waals surface area (Å²) in [6.45, 7) is 7.40. The Kier molecular flexibility index (Phi) is 4.76. The molecule has 0 aromatic carbocycles. The minimum absolute atomic E-state index is 0.174. The molecular weight excluding hydrogens is 296 g/mol. The van der Waals surface area contributed by atoms with Gasteiger partial charge in [0.15, 0.2) is 5.65 Å². The third-order valence-electron chi connectivity index (χ3n) is 3.89. The maximum absolute atomic E-state index is 11.6. The number of morpholine rings is 1. The quantitative estimate of drug-likeness (QED) is 0.773. The average Bonchev–Trinajstić information content (AvgIpc) is 2.97. The third-order valence-corrected chi connectivity index (χ3v) is 3.89. The molecule has 2 aromatic heterocycles. The predicted octanol–water partition coefficient (Wildman–Crippen LogP) is 1.23. The van der Waals surface area contributed by atoms with E-state index < -0.39 is 0 Å². The van der Waals surface area contributed by atoms with E-state index in [0.29, 0.717) is 12.3 Å². The van der Waals surface area contributed by atoms with Crippen LogP contribution in [0.2, 0.25) is 0 Å². The molecule has 0 N–H and O–H groups in total. The highest BCUT2D eigenvalue weighted by Gasteiger charge is 2.17. The zero-order chi connectivity index (χ0) is 16.2. The number of carbonyl (C=O) groups is 1. The van der Waals surface area contributed by atoms with Crippen molar-refractivity contribution in [3.63, 3.8) is 0 Å². The van der Waals surface area contributed by atoms with Crippen molar-refractivity contribution in [2.45, 2.75) is 26.7 Å². The van der Waals surface area contributed by atoms with Gasteiger partial charge >= 0.3 is 5.97 Å². The summed E-state index contributed by atoms with van der Waals surface area (Å²) in [6, 6.07) is 2.09. The van der Waals surface area contributed by atoms with E-state index >= 15 is 0 Å². The Morgan fingerprint density at radius 3 is 2.83 bits per heavy atom. The molecule has 0 spiro atoms. The van der Waals surface area contributed by atoms with Gasteiger partial charge in [-0.25, -0.2) is 9.50 Å². The summed E-state index contributed by atoms with van der Waals surface area (Å²) in [4.78, 5) is 18.4. The van der Waals surface area contributed by atoms with Crippen LogP contribution in [0.4, 0.5) is 5.82 Å². The molecule has 3 rings (SSSR count). The van der Waals surface area contributed by atoms with E-state index in [2.05, 4.69) is 28.0 Å². The first kappa shape index (κ1) is 15.7. The van der Waals surface area contributed by atoms with Gasteiger partial charge < -0.3 is 14.4 Å². The van der Waals surface area contributed by atoms with E-state index in [0.717, 1.165) is 49.8 Å². The minimum Gasteiger partial charge on any atom is -0.466 e. The van der Waals surface area contributed by atoms with Crippen LogP contribution in [0.15, 0.2) is 12.3 Å². The molecule has 0 radical (unpaired) electrons. The van der Waals surface area contributed by atoms with Crippen molar-refractivity contribution in [2.24, 2.45) is 0 Å². The number of anilines is 1. The highest BCUT2D eigenvalue weighted by Crippen LogP contribution is 2.19. The van der Waals surface area contributed by atoms with Crippen LogP contribution >= 0.6 is 0 Å². The number of fused-ring (bicyclic) bond motifs is 1. The molecule has 124 valence electrons. The van der Waals surface area contributed by atoms with E-state index in [1.807, 2.05) is 6.20 Å². The van der Waals surface area contributed by atoms with E-state index in [1.165, 1.54) is 0 Å². The second kappa shape index (κ2) is 6.95. The number of carbonyl (C=O) groups excluding carboxylic acids is 1. The third kappa shape index (κ3) is 3.44. The number of rotatable bonds is 5. The lowest BCUT2D eigenvalue weighted by molar-refractivity contribution is -0.142. The van der Waals surface area contributed by atoms with Crippen LogP contribution in [0, 0.1) is 0 Å². The van der Waals surface area contributed by atoms with Crippen LogP contribution in [0.25, 0.3) is 5.65 Å². The number of imidazole rings is 1. The van der Waals surface area contributed by atoms with Crippen molar-refractivity contribution < 1.29 is 14.3 Å². The van der Waals surface area contributed by atoms with E-state index in [4.69, 9.17) is 9.47 Å². The zero-order valence-corrected chi connectivity index (χ0v) is 13.6. The van der Waals surface area contributed by atoms with Gasteiger partial charge in [0.1, 0.15) is 5.82 Å². The van der Waals surface area contributed by atoms with Crippen molar-refractivity contribution in [1.29, 1.82) is 0 Å². The largest absolute Gasteiger partial charge is 0.466 e. The number of hydrogen-bond donors (Lipinski definition) is 0. The van der Waals surface area contributed by atoms with Crippen molar-refractivity contribution in [1.82, 2.24) is 14.6 Å². The monoisotopic (exact) mass is 318 g/mol. The van der Waals surface area contributed by atoms with E-state index in [9.17, 15) is 4.79 Å². The fraction of sp³-hybridized carbons (Fsp3) is 0.562. The summed E-state index contributed by atoms with van der Waals surface area (Å²) in [6.07, 6.45) is 2.85. The molecule has 7 nitrogen and oxygen atoms in total. The van der Waals surface area contributed by atoms with Gasteiger partial charge in [0.25, 0.3) is 0 Å². The summed E-state index contributed by atoms with van der Waals surface area (Å²) in [5, 5.41) is 4.65. The SMILES string of the molecule is CCOC(=O)Cc1cn2nc(N3CCOCC3)cc(CC)c2n1. The molecule has 0 atom stereocenters. The number of nitrogens with zero attached hydrogens (tertiary/aromatic N) is 4. The summed E-state index contributed by atoms with van der Waals surface area (Å²) in [5.74, 6) is 0.667. The molecule has 2 aromatic rings. The lowest BCUT2D eigenvalue weighted by Gasteiger charge is -2.28. The summed E-state index contributed by atoms with van der Waals surface area (Å²) < 4.78 is 12.2. The van der Waals surface area contributed by atoms with Crippen LogP contribution < -0.4 is 4.90 Å². The molecular formula is C16H22N4O3. The summed E-state index contributed by atoms with van der Waals surface area (Å²) in [7, 11) is 0. The van der Waals surface area contributed by atoms with Gasteiger partial charge in [-0.05, 0) is 19.4 Å². The van der Waals surface area contributed by atoms with Crippen molar-refractivity contribution in [3.8, 4) is 0 Å². The fourth-order valence-electron chi connectivity index (χ4n) is 2.73. The molecule has 0 amide bonds. The van der Waals surface area contributed by atoms with Gasteiger partial charge in [0.2, 0.25) is 0 Å². The molecule has 0 bridgehead atoms. The van der Waals surface area contributed by atoms with Crippen molar-refractivity contribution in [2.75, 3.05) is 37.8 Å². The van der Waals surface area contributed by atoms with Crippen LogP contribution in [0.5, 0.6) is 0 Å². The minimum atomic E-state index is -0.262. The Balaban J connectivity index is 1.91. The van der Waals surface area contributed by atoms with Gasteiger partial charge in [-0.2, -0.15) is 0 Å². The Labute approximate surface area is 135 Å². The summed E-state index contributed by atoms with van der Waals surface area (Å²) in [5.41, 5.74) is 2.62.